The molecule has 0 fully saturated rings. The lowest BCUT2D eigenvalue weighted by molar-refractivity contribution is -0.136. The van der Waals surface area contributed by atoms with Gasteiger partial charge in [-0.25, -0.2) is 0 Å². The molecule has 0 saturated heterocycles. The molecule has 0 aliphatic heterocycles. The summed E-state index contributed by atoms with van der Waals surface area (Å²) in [6, 6.07) is 14.6. The lowest BCUT2D eigenvalue weighted by Crippen LogP contribution is -2.22. The Balaban J connectivity index is 2.19. The number of hydrogen-bond donors (Lipinski definition) is 3. The first-order valence-electron chi connectivity index (χ1n) is 7.07. The predicted octanol–water partition coefficient (Wildman–Crippen LogP) is 1.85. The summed E-state index contributed by atoms with van der Waals surface area (Å²) >= 11 is 0. The number of carboxylic acid groups (broad SMARTS) is 1. The second-order valence-corrected chi connectivity index (χ2v) is 5.06. The van der Waals surface area contributed by atoms with E-state index in [-0.39, 0.29) is 19.0 Å². The minimum absolute atomic E-state index is 0.0523. The zero-order valence-corrected chi connectivity index (χ0v) is 12.2. The Labute approximate surface area is 129 Å². The highest BCUT2D eigenvalue weighted by Gasteiger charge is 2.13. The normalized spacial score (nSPS) is 11.9. The molecule has 2 aromatic carbocycles. The summed E-state index contributed by atoms with van der Waals surface area (Å²) in [5, 5.41) is 8.89. The van der Waals surface area contributed by atoms with Crippen molar-refractivity contribution in [1.29, 1.82) is 0 Å². The third kappa shape index (κ3) is 4.31. The van der Waals surface area contributed by atoms with Crippen molar-refractivity contribution in [2.24, 2.45) is 11.5 Å². The Kier molecular flexibility index (Phi) is 5.52. The molecule has 0 heterocycles. The van der Waals surface area contributed by atoms with Crippen molar-refractivity contribution < 1.29 is 14.6 Å². The zero-order chi connectivity index (χ0) is 15.9. The van der Waals surface area contributed by atoms with Gasteiger partial charge in [-0.2, -0.15) is 0 Å². The third-order valence-corrected chi connectivity index (χ3v) is 3.32. The summed E-state index contributed by atoms with van der Waals surface area (Å²) < 4.78 is 5.82. The van der Waals surface area contributed by atoms with Crippen LogP contribution in [0.1, 0.15) is 22.7 Å². The van der Waals surface area contributed by atoms with Crippen LogP contribution < -0.4 is 16.2 Å². The third-order valence-electron chi connectivity index (χ3n) is 3.32. The molecule has 1 atom stereocenters. The summed E-state index contributed by atoms with van der Waals surface area (Å²) in [5.41, 5.74) is 14.1. The highest BCUT2D eigenvalue weighted by atomic mass is 16.5. The van der Waals surface area contributed by atoms with Gasteiger partial charge < -0.3 is 21.3 Å². The zero-order valence-electron chi connectivity index (χ0n) is 12.2. The van der Waals surface area contributed by atoms with Crippen LogP contribution in [0.15, 0.2) is 48.5 Å². The van der Waals surface area contributed by atoms with Gasteiger partial charge in [0.05, 0.1) is 6.42 Å². The Morgan fingerprint density at radius 3 is 2.50 bits per heavy atom. The van der Waals surface area contributed by atoms with Crippen molar-refractivity contribution in [1.82, 2.24) is 0 Å². The van der Waals surface area contributed by atoms with E-state index in [1.165, 1.54) is 0 Å². The molecule has 5 nitrogen and oxygen atoms in total. The molecule has 0 saturated carbocycles. The summed E-state index contributed by atoms with van der Waals surface area (Å²) in [6.45, 7) is 0.682. The van der Waals surface area contributed by atoms with Crippen LogP contribution in [0.2, 0.25) is 0 Å². The molecular weight excluding hydrogens is 280 g/mol. The highest BCUT2D eigenvalue weighted by Crippen LogP contribution is 2.26. The maximum absolute atomic E-state index is 10.8. The Bertz CT molecular complexity index is 629. The summed E-state index contributed by atoms with van der Waals surface area (Å²) in [4.78, 5) is 10.8. The van der Waals surface area contributed by atoms with Crippen LogP contribution in [0.4, 0.5) is 0 Å². The molecule has 0 amide bonds. The molecule has 0 aromatic heterocycles. The van der Waals surface area contributed by atoms with Gasteiger partial charge in [0.25, 0.3) is 0 Å². The summed E-state index contributed by atoms with van der Waals surface area (Å²) in [5.74, 6) is -0.249. The van der Waals surface area contributed by atoms with Gasteiger partial charge >= 0.3 is 5.97 Å². The Morgan fingerprint density at radius 2 is 1.86 bits per heavy atom. The average Bonchev–Trinajstić information content (AvgIpc) is 2.53. The molecule has 0 radical (unpaired) electrons. The van der Waals surface area contributed by atoms with Gasteiger partial charge in [0.15, 0.2) is 0 Å². The molecule has 5 N–H and O–H groups in total. The minimum Gasteiger partial charge on any atom is -0.489 e. The number of nitrogens with two attached hydrogens (primary N) is 2. The lowest BCUT2D eigenvalue weighted by atomic mass is 10.0. The standard InChI is InChI=1S/C17H20N2O3/c18-10-15(19)14-8-13(9-17(20)21)6-7-16(14)22-11-12-4-2-1-3-5-12/h1-8,15H,9-11,18-19H2,(H,20,21). The second kappa shape index (κ2) is 7.59. The molecule has 0 spiro atoms. The molecular formula is C17H20N2O3. The van der Waals surface area contributed by atoms with E-state index >= 15 is 0 Å². The number of rotatable bonds is 7. The fourth-order valence-electron chi connectivity index (χ4n) is 2.17. The van der Waals surface area contributed by atoms with E-state index in [1.807, 2.05) is 30.3 Å². The van der Waals surface area contributed by atoms with E-state index in [4.69, 9.17) is 21.3 Å². The predicted molar refractivity (Wildman–Crippen MR) is 84.5 cm³/mol. The smallest absolute Gasteiger partial charge is 0.307 e. The van der Waals surface area contributed by atoms with Crippen LogP contribution in [0, 0.1) is 0 Å². The van der Waals surface area contributed by atoms with Crippen molar-refractivity contribution in [3.63, 3.8) is 0 Å². The Hall–Kier alpha value is -2.37. The number of carboxylic acids is 1. The molecule has 1 unspecified atom stereocenters. The van der Waals surface area contributed by atoms with E-state index in [1.54, 1.807) is 18.2 Å². The molecule has 0 bridgehead atoms. The lowest BCUT2D eigenvalue weighted by Gasteiger charge is -2.17. The maximum atomic E-state index is 10.8. The van der Waals surface area contributed by atoms with E-state index in [2.05, 4.69) is 0 Å². The van der Waals surface area contributed by atoms with Gasteiger partial charge in [-0.1, -0.05) is 36.4 Å². The van der Waals surface area contributed by atoms with Crippen LogP contribution in [0.5, 0.6) is 5.75 Å². The first-order valence-corrected chi connectivity index (χ1v) is 7.07. The van der Waals surface area contributed by atoms with Crippen molar-refractivity contribution in [3.8, 4) is 5.75 Å². The van der Waals surface area contributed by atoms with Gasteiger partial charge in [-0.3, -0.25) is 4.79 Å². The number of hydrogen-bond acceptors (Lipinski definition) is 4. The van der Waals surface area contributed by atoms with Gasteiger partial charge in [0.1, 0.15) is 12.4 Å². The van der Waals surface area contributed by atoms with Gasteiger partial charge in [0.2, 0.25) is 0 Å². The number of aliphatic carboxylic acids is 1. The van der Waals surface area contributed by atoms with Gasteiger partial charge in [0, 0.05) is 18.2 Å². The number of ether oxygens (including phenoxy) is 1. The van der Waals surface area contributed by atoms with E-state index in [9.17, 15) is 4.79 Å². The largest absolute Gasteiger partial charge is 0.489 e. The highest BCUT2D eigenvalue weighted by molar-refractivity contribution is 5.70. The van der Waals surface area contributed by atoms with E-state index in [0.29, 0.717) is 17.9 Å². The first kappa shape index (κ1) is 16.0. The molecule has 0 aliphatic carbocycles. The Morgan fingerprint density at radius 1 is 1.14 bits per heavy atom. The number of benzene rings is 2. The van der Waals surface area contributed by atoms with E-state index < -0.39 is 5.97 Å². The van der Waals surface area contributed by atoms with Gasteiger partial charge in [-0.05, 0) is 23.3 Å². The quantitative estimate of drug-likeness (QED) is 0.725. The molecule has 2 aromatic rings. The minimum atomic E-state index is -0.884. The van der Waals surface area contributed by atoms with Crippen molar-refractivity contribution >= 4 is 5.97 Å². The van der Waals surface area contributed by atoms with Crippen molar-refractivity contribution in [2.75, 3.05) is 6.54 Å². The SMILES string of the molecule is NCC(N)c1cc(CC(=O)O)ccc1OCc1ccccc1. The molecule has 5 heteroatoms. The topological polar surface area (TPSA) is 98.6 Å². The van der Waals surface area contributed by atoms with Crippen LogP contribution in [0.25, 0.3) is 0 Å². The number of carbonyl (C=O) groups is 1. The van der Waals surface area contributed by atoms with E-state index in [0.717, 1.165) is 11.1 Å². The molecule has 2 rings (SSSR count). The van der Waals surface area contributed by atoms with Crippen molar-refractivity contribution in [2.45, 2.75) is 19.1 Å². The fraction of sp³-hybridized carbons (Fsp3) is 0.235. The average molecular weight is 300 g/mol. The maximum Gasteiger partial charge on any atom is 0.307 e. The second-order valence-electron chi connectivity index (χ2n) is 5.06. The van der Waals surface area contributed by atoms with Crippen molar-refractivity contribution in [3.05, 3.63) is 65.2 Å². The molecule has 0 aliphatic rings. The first-order chi connectivity index (χ1) is 10.6. The fourth-order valence-corrected chi connectivity index (χ4v) is 2.17. The monoisotopic (exact) mass is 300 g/mol. The molecule has 116 valence electrons. The van der Waals surface area contributed by atoms with Gasteiger partial charge in [-0.15, -0.1) is 0 Å². The van der Waals surface area contributed by atoms with Crippen LogP contribution in [-0.4, -0.2) is 17.6 Å². The van der Waals surface area contributed by atoms with Crippen LogP contribution >= 0.6 is 0 Å². The molecule has 22 heavy (non-hydrogen) atoms. The summed E-state index contributed by atoms with van der Waals surface area (Å²) in [7, 11) is 0. The summed E-state index contributed by atoms with van der Waals surface area (Å²) in [6.07, 6.45) is -0.0523. The van der Waals surface area contributed by atoms with Crippen LogP contribution in [-0.2, 0) is 17.8 Å². The van der Waals surface area contributed by atoms with Crippen LogP contribution in [0.3, 0.4) is 0 Å².